The first-order chi connectivity index (χ1) is 7.24. The Balaban J connectivity index is 3.65. The van der Waals surface area contributed by atoms with Crippen molar-refractivity contribution in [3.05, 3.63) is 29.1 Å². The number of benzene rings is 1. The molecule has 0 fully saturated rings. The van der Waals surface area contributed by atoms with Crippen LogP contribution in [0.2, 0.25) is 19.1 Å². The van der Waals surface area contributed by atoms with Gasteiger partial charge >= 0.3 is 0 Å². The monoisotopic (exact) mass is 254 g/mol. The van der Waals surface area contributed by atoms with E-state index >= 15 is 0 Å². The third kappa shape index (κ3) is 1.86. The Morgan fingerprint density at radius 1 is 0.750 bits per heavy atom. The van der Waals surface area contributed by atoms with E-state index in [1.807, 2.05) is 0 Å². The molecule has 0 atom stereocenters. The summed E-state index contributed by atoms with van der Waals surface area (Å²) < 4.78 is 65.4. The molecule has 0 amide bonds. The van der Waals surface area contributed by atoms with Gasteiger partial charge in [-0.3, -0.25) is 0 Å². The Bertz CT molecular complexity index is 399. The number of hydrogen-bond acceptors (Lipinski definition) is 0. The fourth-order valence-electron chi connectivity index (χ4n) is 1.38. The van der Waals surface area contributed by atoms with E-state index in [2.05, 4.69) is 0 Å². The maximum absolute atomic E-state index is 13.4. The van der Waals surface area contributed by atoms with Gasteiger partial charge in [-0.2, -0.15) is 0 Å². The Morgan fingerprint density at radius 2 is 1.06 bits per heavy atom. The van der Waals surface area contributed by atoms with Crippen LogP contribution in [-0.4, -0.2) is 8.07 Å². The third-order valence-electron chi connectivity index (χ3n) is 2.77. The normalized spacial score (nSPS) is 12.0. The van der Waals surface area contributed by atoms with E-state index in [1.165, 1.54) is 0 Å². The van der Waals surface area contributed by atoms with Gasteiger partial charge in [0.15, 0.2) is 23.3 Å². The Kier molecular flexibility index (Phi) is 3.42. The van der Waals surface area contributed by atoms with Crippen LogP contribution in [0.4, 0.5) is 22.0 Å². The van der Waals surface area contributed by atoms with Gasteiger partial charge in [0.1, 0.15) is 0 Å². The fraction of sp³-hybridized carbons (Fsp3) is 0.400. The second kappa shape index (κ2) is 4.16. The summed E-state index contributed by atoms with van der Waals surface area (Å²) >= 11 is 0. The molecule has 0 N–H and O–H groups in total. The van der Waals surface area contributed by atoms with Crippen LogP contribution in [0.25, 0.3) is 0 Å². The van der Waals surface area contributed by atoms with E-state index in [9.17, 15) is 22.0 Å². The molecule has 1 aromatic carbocycles. The smallest absolute Gasteiger partial charge is 0.200 e. The molecule has 0 aromatic heterocycles. The van der Waals surface area contributed by atoms with Crippen molar-refractivity contribution in [2.24, 2.45) is 0 Å². The molecule has 0 bridgehead atoms. The predicted octanol–water partition coefficient (Wildman–Crippen LogP) is 3.32. The predicted molar refractivity (Wildman–Crippen MR) is 53.8 cm³/mol. The van der Waals surface area contributed by atoms with Crippen LogP contribution in [0.1, 0.15) is 6.92 Å². The number of rotatable bonds is 2. The molecule has 0 radical (unpaired) electrons. The molecule has 0 nitrogen and oxygen atoms in total. The lowest BCUT2D eigenvalue weighted by atomic mass is 10.3. The van der Waals surface area contributed by atoms with Gasteiger partial charge in [0.05, 0.1) is 8.07 Å². The van der Waals surface area contributed by atoms with Gasteiger partial charge in [-0.1, -0.05) is 26.1 Å². The van der Waals surface area contributed by atoms with Gasteiger partial charge in [-0.25, -0.2) is 22.0 Å². The van der Waals surface area contributed by atoms with E-state index < -0.39 is 42.3 Å². The first-order valence-corrected chi connectivity index (χ1v) is 7.96. The fourth-order valence-corrected chi connectivity index (χ4v) is 3.14. The van der Waals surface area contributed by atoms with Crippen molar-refractivity contribution in [1.29, 1.82) is 0 Å². The Morgan fingerprint density at radius 3 is 1.38 bits per heavy atom. The molecule has 1 aromatic rings. The van der Waals surface area contributed by atoms with E-state index in [4.69, 9.17) is 0 Å². The Hall–Kier alpha value is -0.913. The van der Waals surface area contributed by atoms with Crippen LogP contribution < -0.4 is 5.19 Å². The molecule has 0 heterocycles. The molecule has 0 saturated heterocycles. The highest BCUT2D eigenvalue weighted by atomic mass is 28.3. The third-order valence-corrected chi connectivity index (χ3v) is 6.33. The number of halogens is 5. The summed E-state index contributed by atoms with van der Waals surface area (Å²) in [5.74, 6) is -9.18. The summed E-state index contributed by atoms with van der Waals surface area (Å²) in [7, 11) is -2.62. The van der Waals surface area contributed by atoms with Gasteiger partial charge in [0.2, 0.25) is 5.82 Å². The molecule has 16 heavy (non-hydrogen) atoms. The second-order valence-electron chi connectivity index (χ2n) is 4.18. The quantitative estimate of drug-likeness (QED) is 0.329. The van der Waals surface area contributed by atoms with Crippen LogP contribution in [-0.2, 0) is 0 Å². The lowest BCUT2D eigenvalue weighted by molar-refractivity contribution is 0.383. The zero-order valence-corrected chi connectivity index (χ0v) is 10.1. The van der Waals surface area contributed by atoms with Crippen molar-refractivity contribution in [3.8, 4) is 0 Å². The van der Waals surface area contributed by atoms with Crippen LogP contribution >= 0.6 is 0 Å². The van der Waals surface area contributed by atoms with Crippen LogP contribution in [0, 0.1) is 29.1 Å². The highest BCUT2D eigenvalue weighted by Gasteiger charge is 2.34. The summed E-state index contributed by atoms with van der Waals surface area (Å²) in [6.45, 7) is 4.79. The zero-order valence-electron chi connectivity index (χ0n) is 9.10. The van der Waals surface area contributed by atoms with Gasteiger partial charge < -0.3 is 0 Å². The van der Waals surface area contributed by atoms with E-state index in [0.29, 0.717) is 6.04 Å². The summed E-state index contributed by atoms with van der Waals surface area (Å²) in [5, 5.41) is -0.619. The molecule has 0 spiro atoms. The lowest BCUT2D eigenvalue weighted by Crippen LogP contribution is -2.46. The van der Waals surface area contributed by atoms with E-state index in [1.54, 1.807) is 20.0 Å². The summed E-state index contributed by atoms with van der Waals surface area (Å²) in [6, 6.07) is 0.394. The van der Waals surface area contributed by atoms with Gasteiger partial charge in [0.25, 0.3) is 0 Å². The molecule has 0 aliphatic carbocycles. The van der Waals surface area contributed by atoms with Gasteiger partial charge in [-0.05, 0) is 0 Å². The molecule has 0 saturated carbocycles. The largest absolute Gasteiger partial charge is 0.204 e. The summed E-state index contributed by atoms with van der Waals surface area (Å²) in [6.07, 6.45) is 0. The highest BCUT2D eigenvalue weighted by Crippen LogP contribution is 2.21. The van der Waals surface area contributed by atoms with Crippen molar-refractivity contribution in [3.63, 3.8) is 0 Å². The maximum Gasteiger partial charge on any atom is 0.200 e. The molecule has 0 aliphatic heterocycles. The second-order valence-corrected chi connectivity index (χ2v) is 9.16. The molecule has 1 rings (SSSR count). The lowest BCUT2D eigenvalue weighted by Gasteiger charge is -2.22. The maximum atomic E-state index is 13.4. The minimum Gasteiger partial charge on any atom is -0.204 e. The van der Waals surface area contributed by atoms with Crippen molar-refractivity contribution < 1.29 is 22.0 Å². The summed E-state index contributed by atoms with van der Waals surface area (Å²) in [4.78, 5) is 0. The van der Waals surface area contributed by atoms with Crippen molar-refractivity contribution in [2.75, 3.05) is 0 Å². The molecular formula is C10H11F5Si. The van der Waals surface area contributed by atoms with E-state index in [-0.39, 0.29) is 0 Å². The van der Waals surface area contributed by atoms with Gasteiger partial charge in [-0.15, -0.1) is 0 Å². The minimum absolute atomic E-state index is 0.394. The standard InChI is InChI=1S/C10H11F5Si/c1-4-16(2,3)10-8(14)6(12)5(11)7(13)9(10)15/h4H2,1-3H3. The number of hydrogen-bond donors (Lipinski definition) is 0. The first-order valence-electron chi connectivity index (χ1n) is 4.76. The minimum atomic E-state index is -2.62. The Labute approximate surface area is 91.1 Å². The highest BCUT2D eigenvalue weighted by molar-refractivity contribution is 6.89. The molecule has 0 aliphatic rings. The zero-order chi connectivity index (χ0) is 12.7. The van der Waals surface area contributed by atoms with Crippen LogP contribution in [0.3, 0.4) is 0 Å². The van der Waals surface area contributed by atoms with Crippen molar-refractivity contribution >= 4 is 13.3 Å². The topological polar surface area (TPSA) is 0 Å². The average Bonchev–Trinajstić information content (AvgIpc) is 2.23. The van der Waals surface area contributed by atoms with Gasteiger partial charge in [0, 0.05) is 5.19 Å². The average molecular weight is 254 g/mol. The van der Waals surface area contributed by atoms with E-state index in [0.717, 1.165) is 0 Å². The van der Waals surface area contributed by atoms with Crippen molar-refractivity contribution in [1.82, 2.24) is 0 Å². The molecular weight excluding hydrogens is 243 g/mol. The van der Waals surface area contributed by atoms with Crippen LogP contribution in [0.5, 0.6) is 0 Å². The first kappa shape index (κ1) is 13.2. The van der Waals surface area contributed by atoms with Crippen LogP contribution in [0.15, 0.2) is 0 Å². The SMILES string of the molecule is CC[Si](C)(C)c1c(F)c(F)c(F)c(F)c1F. The molecule has 0 unspecified atom stereocenters. The molecule has 90 valence electrons. The van der Waals surface area contributed by atoms with Crippen molar-refractivity contribution in [2.45, 2.75) is 26.1 Å². The molecule has 6 heteroatoms. The summed E-state index contributed by atoms with van der Waals surface area (Å²) in [5.41, 5.74) is 0.